The lowest BCUT2D eigenvalue weighted by Crippen LogP contribution is -2.43. The molecule has 6 heteroatoms. The first-order valence-electron chi connectivity index (χ1n) is 10.2. The zero-order valence-electron chi connectivity index (χ0n) is 17.6. The van der Waals surface area contributed by atoms with Gasteiger partial charge in [0, 0.05) is 25.7 Å². The van der Waals surface area contributed by atoms with E-state index in [0.717, 1.165) is 55.7 Å². The Morgan fingerprint density at radius 2 is 2.00 bits per heavy atom. The first-order valence-corrected chi connectivity index (χ1v) is 10.2. The highest BCUT2D eigenvalue weighted by atomic mass is 16.5. The SMILES string of the molecule is CCNC(=NCc1ccc(OC)c(OCC)c1)N1CCC(N(CC)CC)C1. The molecular formula is C21H36N4O2. The Morgan fingerprint density at radius 1 is 1.22 bits per heavy atom. The second-order valence-corrected chi connectivity index (χ2v) is 6.70. The number of likely N-dealkylation sites (tertiary alicyclic amines) is 1. The van der Waals surface area contributed by atoms with Gasteiger partial charge in [-0.2, -0.15) is 0 Å². The van der Waals surface area contributed by atoms with E-state index in [-0.39, 0.29) is 0 Å². The number of ether oxygens (including phenoxy) is 2. The number of likely N-dealkylation sites (N-methyl/N-ethyl adjacent to an activating group) is 1. The van der Waals surface area contributed by atoms with Crippen molar-refractivity contribution < 1.29 is 9.47 Å². The summed E-state index contributed by atoms with van der Waals surface area (Å²) in [6.07, 6.45) is 1.20. The topological polar surface area (TPSA) is 49.3 Å². The molecule has 1 N–H and O–H groups in total. The van der Waals surface area contributed by atoms with E-state index < -0.39 is 0 Å². The maximum atomic E-state index is 5.68. The van der Waals surface area contributed by atoms with Gasteiger partial charge in [-0.1, -0.05) is 19.9 Å². The van der Waals surface area contributed by atoms with Crippen LogP contribution in [0.1, 0.15) is 39.7 Å². The highest BCUT2D eigenvalue weighted by Gasteiger charge is 2.27. The molecule has 1 heterocycles. The minimum absolute atomic E-state index is 0.617. The molecule has 1 aromatic carbocycles. The molecule has 1 aromatic rings. The molecule has 1 atom stereocenters. The monoisotopic (exact) mass is 376 g/mol. The summed E-state index contributed by atoms with van der Waals surface area (Å²) in [7, 11) is 1.67. The Balaban J connectivity index is 2.08. The third kappa shape index (κ3) is 5.76. The number of benzene rings is 1. The quantitative estimate of drug-likeness (QED) is 0.530. The van der Waals surface area contributed by atoms with E-state index >= 15 is 0 Å². The minimum Gasteiger partial charge on any atom is -0.493 e. The average Bonchev–Trinajstić information content (AvgIpc) is 3.16. The Bertz CT molecular complexity index is 602. The number of guanidine groups is 1. The maximum absolute atomic E-state index is 5.68. The van der Waals surface area contributed by atoms with E-state index in [1.54, 1.807) is 7.11 Å². The Morgan fingerprint density at radius 3 is 2.63 bits per heavy atom. The van der Waals surface area contributed by atoms with Crippen molar-refractivity contribution >= 4 is 5.96 Å². The minimum atomic E-state index is 0.617. The number of rotatable bonds is 9. The van der Waals surface area contributed by atoms with Crippen LogP contribution in [-0.4, -0.2) is 68.2 Å². The average molecular weight is 377 g/mol. The fraction of sp³-hybridized carbons (Fsp3) is 0.667. The summed E-state index contributed by atoms with van der Waals surface area (Å²) >= 11 is 0. The Kier molecular flexibility index (Phi) is 8.72. The van der Waals surface area contributed by atoms with Gasteiger partial charge in [0.15, 0.2) is 17.5 Å². The molecule has 1 unspecified atom stereocenters. The number of hydrogen-bond donors (Lipinski definition) is 1. The summed E-state index contributed by atoms with van der Waals surface area (Å²) in [6, 6.07) is 6.65. The van der Waals surface area contributed by atoms with Crippen molar-refractivity contribution in [1.82, 2.24) is 15.1 Å². The lowest BCUT2D eigenvalue weighted by atomic mass is 10.2. The number of aliphatic imine (C=N–C) groups is 1. The molecule has 1 aliphatic rings. The van der Waals surface area contributed by atoms with Crippen LogP contribution < -0.4 is 14.8 Å². The van der Waals surface area contributed by atoms with Gasteiger partial charge in [-0.15, -0.1) is 0 Å². The molecule has 0 saturated carbocycles. The van der Waals surface area contributed by atoms with Crippen LogP contribution >= 0.6 is 0 Å². The fourth-order valence-electron chi connectivity index (χ4n) is 3.65. The standard InChI is InChI=1S/C21H36N4O2/c1-6-22-21(25-13-12-18(16-25)24(7-2)8-3)23-15-17-10-11-19(26-5)20(14-17)27-9-4/h10-11,14,18H,6-9,12-13,15-16H2,1-5H3,(H,22,23). The van der Waals surface area contributed by atoms with Crippen LogP contribution in [0, 0.1) is 0 Å². The van der Waals surface area contributed by atoms with Gasteiger partial charge in [-0.05, 0) is 51.1 Å². The predicted octanol–water partition coefficient (Wildman–Crippen LogP) is 2.98. The van der Waals surface area contributed by atoms with Crippen molar-refractivity contribution in [3.8, 4) is 11.5 Å². The number of nitrogens with one attached hydrogen (secondary N) is 1. The van der Waals surface area contributed by atoms with Gasteiger partial charge in [0.25, 0.3) is 0 Å². The maximum Gasteiger partial charge on any atom is 0.194 e. The summed E-state index contributed by atoms with van der Waals surface area (Å²) in [5.41, 5.74) is 1.12. The number of methoxy groups -OCH3 is 1. The summed E-state index contributed by atoms with van der Waals surface area (Å²) in [5.74, 6) is 2.54. The van der Waals surface area contributed by atoms with Crippen LogP contribution in [0.3, 0.4) is 0 Å². The summed E-state index contributed by atoms with van der Waals surface area (Å²) in [4.78, 5) is 9.82. The molecule has 6 nitrogen and oxygen atoms in total. The van der Waals surface area contributed by atoms with E-state index in [0.29, 0.717) is 19.2 Å². The van der Waals surface area contributed by atoms with Gasteiger partial charge in [-0.25, -0.2) is 4.99 Å². The molecule has 0 amide bonds. The smallest absolute Gasteiger partial charge is 0.194 e. The highest BCUT2D eigenvalue weighted by molar-refractivity contribution is 5.80. The van der Waals surface area contributed by atoms with Crippen LogP contribution in [0.4, 0.5) is 0 Å². The molecule has 0 aromatic heterocycles. The molecule has 0 bridgehead atoms. The van der Waals surface area contributed by atoms with Crippen molar-refractivity contribution in [3.63, 3.8) is 0 Å². The Hall–Kier alpha value is -1.95. The first-order chi connectivity index (χ1) is 13.2. The van der Waals surface area contributed by atoms with E-state index in [4.69, 9.17) is 14.5 Å². The third-order valence-corrected chi connectivity index (χ3v) is 5.07. The van der Waals surface area contributed by atoms with Crippen LogP contribution in [0.25, 0.3) is 0 Å². The molecule has 0 spiro atoms. The highest BCUT2D eigenvalue weighted by Crippen LogP contribution is 2.28. The lowest BCUT2D eigenvalue weighted by molar-refractivity contribution is 0.223. The lowest BCUT2D eigenvalue weighted by Gasteiger charge is -2.27. The predicted molar refractivity (Wildman–Crippen MR) is 112 cm³/mol. The zero-order chi connectivity index (χ0) is 19.6. The second kappa shape index (κ2) is 11.0. The molecule has 152 valence electrons. The molecule has 0 aliphatic carbocycles. The molecule has 0 radical (unpaired) electrons. The van der Waals surface area contributed by atoms with Crippen LogP contribution in [0.5, 0.6) is 11.5 Å². The molecular weight excluding hydrogens is 340 g/mol. The van der Waals surface area contributed by atoms with E-state index in [2.05, 4.69) is 42.0 Å². The summed E-state index contributed by atoms with van der Waals surface area (Å²) in [5, 5.41) is 3.45. The molecule has 2 rings (SSSR count). The summed E-state index contributed by atoms with van der Waals surface area (Å²) in [6.45, 7) is 15.0. The summed E-state index contributed by atoms with van der Waals surface area (Å²) < 4.78 is 11.1. The van der Waals surface area contributed by atoms with E-state index in [9.17, 15) is 0 Å². The Labute approximate surface area is 164 Å². The van der Waals surface area contributed by atoms with Gasteiger partial charge in [0.2, 0.25) is 0 Å². The second-order valence-electron chi connectivity index (χ2n) is 6.70. The van der Waals surface area contributed by atoms with Crippen molar-refractivity contribution in [3.05, 3.63) is 23.8 Å². The van der Waals surface area contributed by atoms with Crippen LogP contribution in [0.15, 0.2) is 23.2 Å². The van der Waals surface area contributed by atoms with E-state index in [1.807, 2.05) is 19.1 Å². The molecule has 27 heavy (non-hydrogen) atoms. The number of nitrogens with zero attached hydrogens (tertiary/aromatic N) is 3. The van der Waals surface area contributed by atoms with Crippen molar-refractivity contribution in [1.29, 1.82) is 0 Å². The van der Waals surface area contributed by atoms with E-state index in [1.165, 1.54) is 6.42 Å². The van der Waals surface area contributed by atoms with Gasteiger partial charge < -0.3 is 19.7 Å². The fourth-order valence-corrected chi connectivity index (χ4v) is 3.65. The van der Waals surface area contributed by atoms with Gasteiger partial charge >= 0.3 is 0 Å². The van der Waals surface area contributed by atoms with Crippen molar-refractivity contribution in [2.24, 2.45) is 4.99 Å². The van der Waals surface area contributed by atoms with Crippen LogP contribution in [0.2, 0.25) is 0 Å². The zero-order valence-corrected chi connectivity index (χ0v) is 17.6. The van der Waals surface area contributed by atoms with Crippen molar-refractivity contribution in [2.75, 3.05) is 46.4 Å². The molecule has 1 saturated heterocycles. The largest absolute Gasteiger partial charge is 0.493 e. The van der Waals surface area contributed by atoms with Gasteiger partial charge in [-0.3, -0.25) is 4.90 Å². The van der Waals surface area contributed by atoms with Gasteiger partial charge in [0.1, 0.15) is 0 Å². The van der Waals surface area contributed by atoms with Gasteiger partial charge in [0.05, 0.1) is 20.3 Å². The normalized spacial score (nSPS) is 17.5. The molecule has 1 fully saturated rings. The van der Waals surface area contributed by atoms with Crippen molar-refractivity contribution in [2.45, 2.75) is 46.7 Å². The molecule has 1 aliphatic heterocycles. The third-order valence-electron chi connectivity index (χ3n) is 5.07. The first kappa shape index (κ1) is 21.4. The number of hydrogen-bond acceptors (Lipinski definition) is 4. The van der Waals surface area contributed by atoms with Crippen LogP contribution in [-0.2, 0) is 6.54 Å².